The molecular weight excluding hydrogens is 234 g/mol. The molecule has 2 aromatic rings. The van der Waals surface area contributed by atoms with Crippen molar-refractivity contribution in [2.75, 3.05) is 5.32 Å². The Morgan fingerprint density at radius 1 is 1.16 bits per heavy atom. The number of aliphatic imine (C=N–C) groups is 1. The molecule has 96 valence electrons. The number of nitrogens with zero attached hydrogens (tertiary/aromatic N) is 2. The topological polar surface area (TPSA) is 37.3 Å². The van der Waals surface area contributed by atoms with Crippen LogP contribution in [0.15, 0.2) is 35.5 Å². The molecule has 1 aromatic heterocycles. The van der Waals surface area contributed by atoms with Crippen molar-refractivity contribution >= 4 is 17.7 Å². The molecule has 3 nitrogen and oxygen atoms in total. The lowest BCUT2D eigenvalue weighted by Gasteiger charge is -2.20. The summed E-state index contributed by atoms with van der Waals surface area (Å²) in [6, 6.07) is 8.09. The Morgan fingerprint density at radius 2 is 2.05 bits per heavy atom. The summed E-state index contributed by atoms with van der Waals surface area (Å²) >= 11 is 0. The van der Waals surface area contributed by atoms with Crippen LogP contribution in [0.5, 0.6) is 0 Å². The number of hydrogen-bond acceptors (Lipinski definition) is 3. The van der Waals surface area contributed by atoms with Crippen molar-refractivity contribution in [3.63, 3.8) is 0 Å². The van der Waals surface area contributed by atoms with Gasteiger partial charge in [0.1, 0.15) is 5.82 Å². The Labute approximate surface area is 113 Å². The minimum Gasteiger partial charge on any atom is -0.340 e. The smallest absolute Gasteiger partial charge is 0.130 e. The quantitative estimate of drug-likeness (QED) is 0.886. The van der Waals surface area contributed by atoms with Gasteiger partial charge in [-0.15, -0.1) is 0 Å². The number of pyridine rings is 1. The van der Waals surface area contributed by atoms with Gasteiger partial charge in [0, 0.05) is 24.5 Å². The molecule has 0 fully saturated rings. The van der Waals surface area contributed by atoms with E-state index in [0.717, 1.165) is 24.5 Å². The molecule has 2 heterocycles. The van der Waals surface area contributed by atoms with Crippen LogP contribution in [0.3, 0.4) is 0 Å². The molecular formula is C16H17N3. The third-order valence-electron chi connectivity index (χ3n) is 3.66. The first-order valence-electron chi connectivity index (χ1n) is 6.54. The third-order valence-corrected chi connectivity index (χ3v) is 3.66. The first kappa shape index (κ1) is 11.9. The molecule has 1 aromatic carbocycles. The second kappa shape index (κ2) is 4.84. The summed E-state index contributed by atoms with van der Waals surface area (Å²) in [7, 11) is 0. The minimum absolute atomic E-state index is 0.811. The Balaban J connectivity index is 2.02. The van der Waals surface area contributed by atoms with Gasteiger partial charge in [-0.3, -0.25) is 4.99 Å². The van der Waals surface area contributed by atoms with E-state index in [0.29, 0.717) is 0 Å². The standard InChI is InChI=1S/C16H17N3/c1-11-9-15(19-16-5-3-4-7-18-16)12(2)13-6-8-17-10-14(11)13/h3-5,7-9H,6,10H2,1-2H3,(H,18,19). The predicted molar refractivity (Wildman–Crippen MR) is 79.3 cm³/mol. The molecule has 3 heteroatoms. The molecule has 0 spiro atoms. The van der Waals surface area contributed by atoms with Crippen molar-refractivity contribution in [1.82, 2.24) is 4.98 Å². The summed E-state index contributed by atoms with van der Waals surface area (Å²) in [5.74, 6) is 0.884. The van der Waals surface area contributed by atoms with E-state index in [9.17, 15) is 0 Å². The fourth-order valence-corrected chi connectivity index (χ4v) is 2.55. The molecule has 1 aliphatic heterocycles. The highest BCUT2D eigenvalue weighted by molar-refractivity contribution is 5.72. The van der Waals surface area contributed by atoms with Gasteiger partial charge < -0.3 is 5.32 Å². The van der Waals surface area contributed by atoms with E-state index >= 15 is 0 Å². The van der Waals surface area contributed by atoms with Gasteiger partial charge in [0.15, 0.2) is 0 Å². The molecule has 0 amide bonds. The molecule has 0 aliphatic carbocycles. The minimum atomic E-state index is 0.811. The molecule has 1 N–H and O–H groups in total. The van der Waals surface area contributed by atoms with Crippen molar-refractivity contribution in [2.24, 2.45) is 4.99 Å². The molecule has 0 bridgehead atoms. The number of aromatic nitrogens is 1. The number of anilines is 2. The van der Waals surface area contributed by atoms with Crippen LogP contribution in [-0.4, -0.2) is 11.2 Å². The number of nitrogens with one attached hydrogen (secondary N) is 1. The summed E-state index contributed by atoms with van der Waals surface area (Å²) in [5.41, 5.74) is 6.54. The van der Waals surface area contributed by atoms with E-state index < -0.39 is 0 Å². The van der Waals surface area contributed by atoms with Crippen LogP contribution in [0.2, 0.25) is 0 Å². The highest BCUT2D eigenvalue weighted by atomic mass is 15.0. The van der Waals surface area contributed by atoms with E-state index in [-0.39, 0.29) is 0 Å². The summed E-state index contributed by atoms with van der Waals surface area (Å²) < 4.78 is 0. The van der Waals surface area contributed by atoms with Gasteiger partial charge in [0.2, 0.25) is 0 Å². The van der Waals surface area contributed by atoms with Crippen LogP contribution in [-0.2, 0) is 13.0 Å². The Bertz CT molecular complexity index is 630. The fraction of sp³-hybridized carbons (Fsp3) is 0.250. The Morgan fingerprint density at radius 3 is 2.84 bits per heavy atom. The van der Waals surface area contributed by atoms with Crippen LogP contribution >= 0.6 is 0 Å². The van der Waals surface area contributed by atoms with Crippen LogP contribution < -0.4 is 5.32 Å². The van der Waals surface area contributed by atoms with Crippen molar-refractivity contribution in [2.45, 2.75) is 26.8 Å². The molecule has 1 aliphatic rings. The molecule has 0 saturated heterocycles. The molecule has 3 rings (SSSR count). The van der Waals surface area contributed by atoms with Gasteiger partial charge in [0.05, 0.1) is 6.54 Å². The zero-order valence-electron chi connectivity index (χ0n) is 11.3. The Kier molecular flexibility index (Phi) is 3.03. The summed E-state index contributed by atoms with van der Waals surface area (Å²) in [6.07, 6.45) is 4.74. The van der Waals surface area contributed by atoms with Gasteiger partial charge in [-0.1, -0.05) is 6.07 Å². The van der Waals surface area contributed by atoms with Crippen LogP contribution in [0, 0.1) is 13.8 Å². The van der Waals surface area contributed by atoms with Crippen molar-refractivity contribution in [1.29, 1.82) is 0 Å². The predicted octanol–water partition coefficient (Wildman–Crippen LogP) is 3.57. The van der Waals surface area contributed by atoms with E-state index in [1.165, 1.54) is 22.3 Å². The lowest BCUT2D eigenvalue weighted by atomic mass is 9.92. The van der Waals surface area contributed by atoms with Gasteiger partial charge in [-0.25, -0.2) is 4.98 Å². The van der Waals surface area contributed by atoms with Crippen molar-refractivity contribution < 1.29 is 0 Å². The maximum atomic E-state index is 4.38. The largest absolute Gasteiger partial charge is 0.340 e. The van der Waals surface area contributed by atoms with Gasteiger partial charge in [-0.2, -0.15) is 0 Å². The third kappa shape index (κ3) is 2.24. The average Bonchev–Trinajstić information content (AvgIpc) is 2.46. The highest BCUT2D eigenvalue weighted by Crippen LogP contribution is 2.30. The Hall–Kier alpha value is -2.16. The highest BCUT2D eigenvalue weighted by Gasteiger charge is 2.14. The van der Waals surface area contributed by atoms with Crippen molar-refractivity contribution in [3.8, 4) is 0 Å². The summed E-state index contributed by atoms with van der Waals surface area (Å²) in [6.45, 7) is 5.14. The van der Waals surface area contributed by atoms with E-state index in [1.54, 1.807) is 6.20 Å². The number of rotatable bonds is 2. The first-order chi connectivity index (χ1) is 9.25. The maximum absolute atomic E-state index is 4.38. The normalized spacial score (nSPS) is 13.2. The van der Waals surface area contributed by atoms with E-state index in [4.69, 9.17) is 0 Å². The summed E-state index contributed by atoms with van der Waals surface area (Å²) in [4.78, 5) is 8.70. The molecule has 0 unspecified atom stereocenters. The SMILES string of the molecule is Cc1cc(Nc2ccccn2)c(C)c2c1CN=CC2. The molecule has 0 atom stereocenters. The number of fused-ring (bicyclic) bond motifs is 1. The van der Waals surface area contributed by atoms with Crippen LogP contribution in [0.4, 0.5) is 11.5 Å². The lowest BCUT2D eigenvalue weighted by molar-refractivity contribution is 0.976. The fourth-order valence-electron chi connectivity index (χ4n) is 2.55. The molecule has 0 radical (unpaired) electrons. The average molecular weight is 251 g/mol. The van der Waals surface area contributed by atoms with Gasteiger partial charge >= 0.3 is 0 Å². The zero-order valence-corrected chi connectivity index (χ0v) is 11.3. The molecule has 19 heavy (non-hydrogen) atoms. The molecule has 0 saturated carbocycles. The van der Waals surface area contributed by atoms with Gasteiger partial charge in [0.25, 0.3) is 0 Å². The lowest BCUT2D eigenvalue weighted by Crippen LogP contribution is -2.08. The monoisotopic (exact) mass is 251 g/mol. The van der Waals surface area contributed by atoms with Crippen LogP contribution in [0.1, 0.15) is 22.3 Å². The number of benzene rings is 1. The first-order valence-corrected chi connectivity index (χ1v) is 6.54. The van der Waals surface area contributed by atoms with E-state index in [2.05, 4.69) is 35.2 Å². The van der Waals surface area contributed by atoms with Crippen molar-refractivity contribution in [3.05, 3.63) is 52.7 Å². The van der Waals surface area contributed by atoms with E-state index in [1.807, 2.05) is 24.4 Å². The van der Waals surface area contributed by atoms with Gasteiger partial charge in [-0.05, 0) is 54.3 Å². The zero-order chi connectivity index (χ0) is 13.2. The second-order valence-electron chi connectivity index (χ2n) is 4.89. The maximum Gasteiger partial charge on any atom is 0.130 e. The second-order valence-corrected chi connectivity index (χ2v) is 4.89. The number of aryl methyl sites for hydroxylation is 1. The summed E-state index contributed by atoms with van der Waals surface area (Å²) in [5, 5.41) is 3.41. The number of hydrogen-bond donors (Lipinski definition) is 1. The van der Waals surface area contributed by atoms with Crippen LogP contribution in [0.25, 0.3) is 0 Å².